The highest BCUT2D eigenvalue weighted by Crippen LogP contribution is 2.26. The molecular weight excluding hydrogens is 728 g/mol. The maximum Gasteiger partial charge on any atom is 0.240 e. The second kappa shape index (κ2) is 26.3. The standard InChI is InChI=1S/C17H20ClN3O3S.C17H22N4O.C3H7NO.C2H6/c18-11-1-2-12-13(9-11)25-15(20-12)4-3-14(22)21-16(17(19)23)10-5-7-24-8-6-10;18-11-5-1-2-10-16(22)21-17(14-8-3-6-12-19-14)15-9-4-7-13-20-15;1-2-3(4)5;1-2/h1-2,9-10,16H,3-8H2,(H2,19,23)(H,21,22);3-4,6-9,12-13,17H,1-2,5,10-11,18H2,(H,21,22);2H2,1H3,(H2,4,5);1-2H3. The predicted molar refractivity (Wildman–Crippen MR) is 214 cm³/mol. The van der Waals surface area contributed by atoms with Crippen molar-refractivity contribution in [2.45, 2.75) is 90.6 Å². The minimum absolute atomic E-state index is 0.0123. The summed E-state index contributed by atoms with van der Waals surface area (Å²) in [6.45, 7) is 7.59. The zero-order valence-corrected chi connectivity index (χ0v) is 33.0. The number of primary amides is 2. The Morgan fingerprint density at radius 3 is 2.04 bits per heavy atom. The summed E-state index contributed by atoms with van der Waals surface area (Å²) in [6, 6.07) is 15.9. The highest BCUT2D eigenvalue weighted by atomic mass is 35.5. The van der Waals surface area contributed by atoms with Crippen LogP contribution < -0.4 is 27.8 Å². The Balaban J connectivity index is 0.000000321. The van der Waals surface area contributed by atoms with E-state index in [4.69, 9.17) is 27.8 Å². The molecule has 0 bridgehead atoms. The Bertz CT molecular complexity index is 1650. The number of carbonyl (C=O) groups excluding carboxylic acids is 4. The largest absolute Gasteiger partial charge is 0.381 e. The number of hydrogen-bond acceptors (Lipinski definition) is 10. The second-order valence-electron chi connectivity index (χ2n) is 12.0. The molecule has 8 N–H and O–H groups in total. The van der Waals surface area contributed by atoms with Crippen molar-refractivity contribution in [1.29, 1.82) is 0 Å². The molecule has 0 radical (unpaired) electrons. The number of aryl methyl sites for hydroxylation is 1. The number of nitrogens with two attached hydrogens (primary N) is 3. The van der Waals surface area contributed by atoms with Crippen molar-refractivity contribution < 1.29 is 23.9 Å². The summed E-state index contributed by atoms with van der Waals surface area (Å²) in [5.74, 6) is -0.870. The first-order valence-electron chi connectivity index (χ1n) is 18.4. The van der Waals surface area contributed by atoms with E-state index in [1.807, 2.05) is 62.4 Å². The molecule has 1 saturated heterocycles. The molecule has 4 aromatic rings. The van der Waals surface area contributed by atoms with Gasteiger partial charge in [-0.3, -0.25) is 29.1 Å². The predicted octanol–water partition coefficient (Wildman–Crippen LogP) is 5.39. The molecule has 1 unspecified atom stereocenters. The van der Waals surface area contributed by atoms with Crippen LogP contribution in [0.2, 0.25) is 5.02 Å². The molecule has 1 atom stereocenters. The number of pyridine rings is 2. The summed E-state index contributed by atoms with van der Waals surface area (Å²) >= 11 is 7.50. The van der Waals surface area contributed by atoms with Gasteiger partial charge < -0.3 is 32.6 Å². The van der Waals surface area contributed by atoms with Crippen LogP contribution in [-0.4, -0.2) is 64.4 Å². The van der Waals surface area contributed by atoms with Gasteiger partial charge in [0.2, 0.25) is 23.6 Å². The van der Waals surface area contributed by atoms with Gasteiger partial charge >= 0.3 is 0 Å². The zero-order valence-electron chi connectivity index (χ0n) is 31.5. The van der Waals surface area contributed by atoms with E-state index >= 15 is 0 Å². The molecule has 1 aliphatic heterocycles. The fourth-order valence-electron chi connectivity index (χ4n) is 5.22. The van der Waals surface area contributed by atoms with Crippen LogP contribution in [0, 0.1) is 5.92 Å². The Labute approximate surface area is 327 Å². The highest BCUT2D eigenvalue weighted by Gasteiger charge is 2.29. The molecule has 3 aromatic heterocycles. The van der Waals surface area contributed by atoms with E-state index in [0.29, 0.717) is 44.0 Å². The van der Waals surface area contributed by atoms with Gasteiger partial charge in [-0.15, -0.1) is 11.3 Å². The van der Waals surface area contributed by atoms with E-state index in [9.17, 15) is 19.2 Å². The number of thiazole rings is 1. The van der Waals surface area contributed by atoms with Gasteiger partial charge in [-0.25, -0.2) is 4.98 Å². The van der Waals surface area contributed by atoms with Crippen LogP contribution in [0.5, 0.6) is 0 Å². The summed E-state index contributed by atoms with van der Waals surface area (Å²) in [4.78, 5) is 58.9. The van der Waals surface area contributed by atoms with E-state index in [0.717, 1.165) is 58.7 Å². The number of unbranched alkanes of at least 4 members (excludes halogenated alkanes) is 2. The van der Waals surface area contributed by atoms with Crippen LogP contribution in [0.1, 0.15) is 94.6 Å². The first-order chi connectivity index (χ1) is 26.1. The van der Waals surface area contributed by atoms with Gasteiger partial charge in [0.1, 0.15) is 12.1 Å². The van der Waals surface area contributed by atoms with E-state index in [1.165, 1.54) is 11.3 Å². The highest BCUT2D eigenvalue weighted by molar-refractivity contribution is 7.18. The molecule has 54 heavy (non-hydrogen) atoms. The maximum atomic E-state index is 12.2. The monoisotopic (exact) mass is 782 g/mol. The molecule has 4 amide bonds. The normalized spacial score (nSPS) is 12.9. The van der Waals surface area contributed by atoms with Gasteiger partial charge in [0, 0.05) is 56.3 Å². The number of nitrogens with zero attached hydrogens (tertiary/aromatic N) is 3. The van der Waals surface area contributed by atoms with Crippen molar-refractivity contribution in [2.24, 2.45) is 23.1 Å². The Morgan fingerprint density at radius 2 is 1.50 bits per heavy atom. The molecular formula is C39H55ClN8O5S. The summed E-state index contributed by atoms with van der Waals surface area (Å²) < 4.78 is 6.30. The SMILES string of the molecule is CC.CCC(N)=O.NC(=O)C(NC(=O)CCc1nc2ccc(Cl)cc2s1)C1CCOCC1.NCCCCCC(=O)NC(c1ccccn1)c1ccccn1. The lowest BCUT2D eigenvalue weighted by Gasteiger charge is -2.28. The molecule has 0 spiro atoms. The molecule has 1 aliphatic rings. The third kappa shape index (κ3) is 17.1. The van der Waals surface area contributed by atoms with Crippen LogP contribution in [0.3, 0.4) is 0 Å². The fraction of sp³-hybridized carbons (Fsp3) is 0.462. The number of nitrogens with one attached hydrogen (secondary N) is 2. The van der Waals surface area contributed by atoms with Crippen LogP contribution in [0.25, 0.3) is 10.2 Å². The number of carbonyl (C=O) groups is 4. The first kappa shape index (κ1) is 45.7. The van der Waals surface area contributed by atoms with E-state index in [2.05, 4.69) is 31.3 Å². The summed E-state index contributed by atoms with van der Waals surface area (Å²) in [7, 11) is 0. The van der Waals surface area contributed by atoms with Crippen molar-refractivity contribution in [2.75, 3.05) is 19.8 Å². The minimum atomic E-state index is -0.634. The Kier molecular flexibility index (Phi) is 22.2. The summed E-state index contributed by atoms with van der Waals surface area (Å²) in [5.41, 5.74) is 18.0. The summed E-state index contributed by atoms with van der Waals surface area (Å²) in [6.07, 6.45) is 9.40. The van der Waals surface area contributed by atoms with Gasteiger partial charge in [-0.05, 0) is 80.6 Å². The Morgan fingerprint density at radius 1 is 0.889 bits per heavy atom. The number of hydrogen-bond donors (Lipinski definition) is 5. The molecule has 294 valence electrons. The van der Waals surface area contributed by atoms with Crippen molar-refractivity contribution in [3.05, 3.63) is 88.4 Å². The maximum absolute atomic E-state index is 12.2. The van der Waals surface area contributed by atoms with Crippen LogP contribution in [0.15, 0.2) is 67.0 Å². The number of ether oxygens (including phenoxy) is 1. The summed E-state index contributed by atoms with van der Waals surface area (Å²) in [5, 5.41) is 7.35. The average Bonchev–Trinajstić information content (AvgIpc) is 3.61. The van der Waals surface area contributed by atoms with Crippen molar-refractivity contribution in [3.63, 3.8) is 0 Å². The van der Waals surface area contributed by atoms with Crippen molar-refractivity contribution in [1.82, 2.24) is 25.6 Å². The van der Waals surface area contributed by atoms with Crippen LogP contribution in [0.4, 0.5) is 0 Å². The molecule has 1 aromatic carbocycles. The van der Waals surface area contributed by atoms with Crippen LogP contribution in [-0.2, 0) is 30.3 Å². The number of fused-ring (bicyclic) bond motifs is 1. The van der Waals surface area contributed by atoms with Gasteiger partial charge in [0.05, 0.1) is 26.6 Å². The van der Waals surface area contributed by atoms with Crippen molar-refractivity contribution in [3.8, 4) is 0 Å². The lowest BCUT2D eigenvalue weighted by molar-refractivity contribution is -0.129. The zero-order chi connectivity index (χ0) is 39.7. The number of halogens is 1. The lowest BCUT2D eigenvalue weighted by atomic mass is 9.91. The first-order valence-corrected chi connectivity index (χ1v) is 19.6. The lowest BCUT2D eigenvalue weighted by Crippen LogP contribution is -2.50. The average molecular weight is 783 g/mol. The Hall–Kier alpha value is -4.50. The molecule has 0 saturated carbocycles. The van der Waals surface area contributed by atoms with Gasteiger partial charge in [0.25, 0.3) is 0 Å². The third-order valence-corrected chi connectivity index (χ3v) is 9.36. The van der Waals surface area contributed by atoms with Crippen molar-refractivity contribution >= 4 is 56.8 Å². The second-order valence-corrected chi connectivity index (χ2v) is 13.6. The quantitative estimate of drug-likeness (QED) is 0.0976. The van der Waals surface area contributed by atoms with E-state index in [1.54, 1.807) is 25.4 Å². The fourth-order valence-corrected chi connectivity index (χ4v) is 6.47. The van der Waals surface area contributed by atoms with Gasteiger partial charge in [0.15, 0.2) is 0 Å². The molecule has 4 heterocycles. The van der Waals surface area contributed by atoms with Gasteiger partial charge in [-0.1, -0.05) is 50.9 Å². The number of aromatic nitrogens is 3. The number of rotatable bonds is 15. The van der Waals surface area contributed by atoms with Gasteiger partial charge in [-0.2, -0.15) is 0 Å². The minimum Gasteiger partial charge on any atom is -0.381 e. The third-order valence-electron chi connectivity index (χ3n) is 8.05. The molecule has 1 fully saturated rings. The van der Waals surface area contributed by atoms with E-state index < -0.39 is 11.9 Å². The molecule has 13 nitrogen and oxygen atoms in total. The smallest absolute Gasteiger partial charge is 0.240 e. The molecule has 15 heteroatoms. The number of amides is 4. The molecule has 0 aliphatic carbocycles. The topological polar surface area (TPSA) is 218 Å². The molecule has 5 rings (SSSR count). The van der Waals surface area contributed by atoms with Crippen LogP contribution >= 0.6 is 22.9 Å². The van der Waals surface area contributed by atoms with E-state index in [-0.39, 0.29) is 36.1 Å². The number of benzene rings is 1.